The molecule has 40 heavy (non-hydrogen) atoms. The number of unbranched alkanes of at least 4 members (excludes halogenated alkanes) is 8. The lowest BCUT2D eigenvalue weighted by Gasteiger charge is -2.48. The van der Waals surface area contributed by atoms with Gasteiger partial charge in [0.25, 0.3) is 0 Å². The second-order valence-electron chi connectivity index (χ2n) is 11.0. The lowest BCUT2D eigenvalue weighted by atomic mass is 9.66. The minimum absolute atomic E-state index is 0.0194. The Balaban J connectivity index is 0.00000143. The second-order valence-corrected chi connectivity index (χ2v) is 11.0. The van der Waals surface area contributed by atoms with Crippen LogP contribution < -0.4 is 0 Å². The van der Waals surface area contributed by atoms with Crippen LogP contribution in [0.1, 0.15) is 104 Å². The molecule has 1 fully saturated rings. The van der Waals surface area contributed by atoms with Crippen molar-refractivity contribution in [3.8, 4) is 0 Å². The Labute approximate surface area is 238 Å². The molecule has 10 heteroatoms. The van der Waals surface area contributed by atoms with Crippen LogP contribution in [0.3, 0.4) is 0 Å². The van der Waals surface area contributed by atoms with E-state index in [1.54, 1.807) is 0 Å². The highest BCUT2D eigenvalue weighted by molar-refractivity contribution is 6.05. The molecule has 0 aliphatic carbocycles. The Kier molecular flexibility index (Phi) is 17.5. The highest BCUT2D eigenvalue weighted by atomic mass is 16.5. The zero-order valence-corrected chi connectivity index (χ0v) is 24.5. The van der Waals surface area contributed by atoms with Crippen molar-refractivity contribution in [3.05, 3.63) is 24.5 Å². The Bertz CT molecular complexity index is 788. The number of aromatic nitrogens is 1. The van der Waals surface area contributed by atoms with E-state index in [2.05, 4.69) is 18.8 Å². The zero-order chi connectivity index (χ0) is 30.1. The molecule has 0 spiro atoms. The summed E-state index contributed by atoms with van der Waals surface area (Å²) in [6.07, 6.45) is 1.51. The van der Waals surface area contributed by atoms with Gasteiger partial charge in [-0.05, 0) is 31.9 Å². The van der Waals surface area contributed by atoms with Crippen LogP contribution in [0.25, 0.3) is 0 Å². The van der Waals surface area contributed by atoms with Crippen LogP contribution in [0.2, 0.25) is 0 Å². The first-order valence-electron chi connectivity index (χ1n) is 15.0. The molecule has 10 nitrogen and oxygen atoms in total. The Morgan fingerprint density at radius 2 is 1.35 bits per heavy atom. The molecule has 7 N–H and O–H groups in total. The van der Waals surface area contributed by atoms with Gasteiger partial charge < -0.3 is 40.4 Å². The number of carbonyl (C=O) groups excluding carboxylic acids is 1. The lowest BCUT2D eigenvalue weighted by molar-refractivity contribution is -0.256. The molecular formula is C30H53NO9. The quantitative estimate of drug-likeness (QED) is 0.103. The first kappa shape index (κ1) is 36.2. The number of H-pyrrole nitrogens is 1. The van der Waals surface area contributed by atoms with Crippen LogP contribution in [-0.4, -0.2) is 90.1 Å². The van der Waals surface area contributed by atoms with E-state index in [-0.39, 0.29) is 6.42 Å². The van der Waals surface area contributed by atoms with Gasteiger partial charge in [-0.25, -0.2) is 0 Å². The van der Waals surface area contributed by atoms with Gasteiger partial charge >= 0.3 is 5.97 Å². The third kappa shape index (κ3) is 10.5. The normalized spacial score (nSPS) is 25.8. The fourth-order valence-corrected chi connectivity index (χ4v) is 5.26. The van der Waals surface area contributed by atoms with Gasteiger partial charge in [-0.3, -0.25) is 9.59 Å². The number of hydrogen-bond donors (Lipinski definition) is 7. The van der Waals surface area contributed by atoms with Crippen molar-refractivity contribution >= 4 is 11.8 Å². The molecule has 8 atom stereocenters. The molecule has 1 aromatic heterocycles. The van der Waals surface area contributed by atoms with Gasteiger partial charge in [-0.1, -0.05) is 78.1 Å². The molecule has 0 aromatic carbocycles. The SMILES string of the molecule is CCCCCCCC(O)CC(=O)C(C(=O)O)(C(O)CCCCCCC)C1O[C@@H](C)[C@H](O)[C@@H](O)[C@H]1O.c1cc[nH]c1. The molecule has 0 saturated carbocycles. The molecule has 0 radical (unpaired) electrons. The average Bonchev–Trinajstić information content (AvgIpc) is 3.50. The van der Waals surface area contributed by atoms with Gasteiger partial charge in [0.1, 0.15) is 24.4 Å². The third-order valence-electron chi connectivity index (χ3n) is 7.78. The topological polar surface area (TPSA) is 181 Å². The fraction of sp³-hybridized carbons (Fsp3) is 0.800. The number of carbonyl (C=O) groups is 2. The minimum atomic E-state index is -2.59. The highest BCUT2D eigenvalue weighted by Gasteiger charge is 2.63. The maximum Gasteiger partial charge on any atom is 0.322 e. The lowest BCUT2D eigenvalue weighted by Crippen LogP contribution is -2.68. The van der Waals surface area contributed by atoms with Gasteiger partial charge in [0.05, 0.1) is 18.3 Å². The molecular weight excluding hydrogens is 518 g/mol. The van der Waals surface area contributed by atoms with Crippen molar-refractivity contribution in [2.24, 2.45) is 5.41 Å². The summed E-state index contributed by atoms with van der Waals surface area (Å²) >= 11 is 0. The van der Waals surface area contributed by atoms with E-state index in [0.29, 0.717) is 19.3 Å². The Morgan fingerprint density at radius 3 is 1.82 bits per heavy atom. The Hall–Kier alpha value is -1.82. The molecule has 2 heterocycles. The summed E-state index contributed by atoms with van der Waals surface area (Å²) in [5.41, 5.74) is -2.59. The van der Waals surface area contributed by atoms with Gasteiger partial charge in [-0.2, -0.15) is 0 Å². The van der Waals surface area contributed by atoms with E-state index in [9.17, 15) is 40.2 Å². The predicted octanol–water partition coefficient (Wildman–Crippen LogP) is 3.34. The maximum atomic E-state index is 13.5. The van der Waals surface area contributed by atoms with E-state index in [1.807, 2.05) is 24.5 Å². The molecule has 1 aromatic rings. The van der Waals surface area contributed by atoms with Crippen LogP contribution in [0.5, 0.6) is 0 Å². The second kappa shape index (κ2) is 19.3. The van der Waals surface area contributed by atoms with Crippen LogP contribution in [0.15, 0.2) is 24.5 Å². The standard InChI is InChI=1S/C26H48O9.C4H5N/c1-4-6-8-10-12-14-18(27)16-20(29)26(25(33)34,19(28)15-13-11-9-7-5-2)24-23(32)22(31)21(30)17(3)35-24;1-2-4-5-3-1/h17-19,21-24,27-28,30-32H,4-16H2,1-3H3,(H,33,34);1-5H/t17-,18?,19?,21-,22+,23+,24?,26?;/m0./s1. The summed E-state index contributed by atoms with van der Waals surface area (Å²) < 4.78 is 5.60. The fourth-order valence-electron chi connectivity index (χ4n) is 5.26. The van der Waals surface area contributed by atoms with E-state index >= 15 is 0 Å². The van der Waals surface area contributed by atoms with E-state index in [0.717, 1.165) is 51.4 Å². The maximum absolute atomic E-state index is 13.5. The zero-order valence-electron chi connectivity index (χ0n) is 24.5. The number of aliphatic carboxylic acids is 1. The summed E-state index contributed by atoms with van der Waals surface area (Å²) in [6, 6.07) is 3.89. The molecule has 0 amide bonds. The number of carboxylic acids is 1. The number of ether oxygens (including phenoxy) is 1. The summed E-state index contributed by atoms with van der Waals surface area (Å²) in [5.74, 6) is -2.63. The number of aliphatic hydroxyl groups is 5. The first-order valence-corrected chi connectivity index (χ1v) is 15.0. The number of aliphatic hydroxyl groups excluding tert-OH is 5. The smallest absolute Gasteiger partial charge is 0.322 e. The summed E-state index contributed by atoms with van der Waals surface area (Å²) in [6.45, 7) is 5.54. The monoisotopic (exact) mass is 571 g/mol. The van der Waals surface area contributed by atoms with Crippen LogP contribution in [0, 0.1) is 5.41 Å². The number of aromatic amines is 1. The predicted molar refractivity (Wildman–Crippen MR) is 152 cm³/mol. The van der Waals surface area contributed by atoms with E-state index in [4.69, 9.17) is 4.74 Å². The number of rotatable bonds is 18. The van der Waals surface area contributed by atoms with Gasteiger partial charge in [0.15, 0.2) is 11.2 Å². The first-order chi connectivity index (χ1) is 19.0. The van der Waals surface area contributed by atoms with Crippen LogP contribution in [-0.2, 0) is 14.3 Å². The molecule has 1 aliphatic heterocycles. The average molecular weight is 572 g/mol. The number of carboxylic acid groups (broad SMARTS) is 1. The Morgan fingerprint density at radius 1 is 0.825 bits per heavy atom. The molecule has 1 aliphatic rings. The van der Waals surface area contributed by atoms with Crippen molar-refractivity contribution in [3.63, 3.8) is 0 Å². The molecule has 0 bridgehead atoms. The summed E-state index contributed by atoms with van der Waals surface area (Å²) in [4.78, 5) is 29.1. The largest absolute Gasteiger partial charge is 0.480 e. The van der Waals surface area contributed by atoms with Gasteiger partial charge in [0, 0.05) is 18.8 Å². The summed E-state index contributed by atoms with van der Waals surface area (Å²) in [5, 5.41) is 63.0. The number of Topliss-reactive ketones (excluding diaryl/α,β-unsaturated/α-hetero) is 1. The summed E-state index contributed by atoms with van der Waals surface area (Å²) in [7, 11) is 0. The molecule has 4 unspecified atom stereocenters. The van der Waals surface area contributed by atoms with Gasteiger partial charge in [0.2, 0.25) is 0 Å². The number of hydrogen-bond acceptors (Lipinski definition) is 8. The van der Waals surface area contributed by atoms with Crippen LogP contribution in [0.4, 0.5) is 0 Å². The van der Waals surface area contributed by atoms with Crippen molar-refractivity contribution in [1.29, 1.82) is 0 Å². The third-order valence-corrected chi connectivity index (χ3v) is 7.78. The molecule has 232 valence electrons. The van der Waals surface area contributed by atoms with Crippen molar-refractivity contribution < 1.29 is 45.0 Å². The van der Waals surface area contributed by atoms with E-state index < -0.39 is 66.3 Å². The molecule has 1 saturated heterocycles. The van der Waals surface area contributed by atoms with E-state index in [1.165, 1.54) is 6.92 Å². The van der Waals surface area contributed by atoms with Crippen LogP contribution >= 0.6 is 0 Å². The number of nitrogens with one attached hydrogen (secondary N) is 1. The number of ketones is 1. The minimum Gasteiger partial charge on any atom is -0.480 e. The molecule has 2 rings (SSSR count). The highest BCUT2D eigenvalue weighted by Crippen LogP contribution is 2.41. The van der Waals surface area contributed by atoms with Gasteiger partial charge in [-0.15, -0.1) is 0 Å². The van der Waals surface area contributed by atoms with Crippen molar-refractivity contribution in [2.75, 3.05) is 0 Å². The van der Waals surface area contributed by atoms with Crippen molar-refractivity contribution in [1.82, 2.24) is 4.98 Å². The van der Waals surface area contributed by atoms with Crippen molar-refractivity contribution in [2.45, 2.75) is 147 Å².